The van der Waals surface area contributed by atoms with Gasteiger partial charge in [0.2, 0.25) is 0 Å². The molecule has 0 rings (SSSR count). The van der Waals surface area contributed by atoms with Crippen LogP contribution in [0.5, 0.6) is 0 Å². The first-order valence-electron chi connectivity index (χ1n) is 0.913. The molecule has 0 aromatic heterocycles. The summed E-state index contributed by atoms with van der Waals surface area (Å²) in [5.41, 5.74) is 0. The van der Waals surface area contributed by atoms with E-state index in [-0.39, 0.29) is 17.8 Å². The van der Waals surface area contributed by atoms with Crippen molar-refractivity contribution in [2.24, 2.45) is 0 Å². The maximum atomic E-state index is 9.06. The van der Waals surface area contributed by atoms with Gasteiger partial charge >= 0.3 is 35.6 Å². The van der Waals surface area contributed by atoms with E-state index in [4.69, 9.17) is 17.2 Å². The smallest absolute Gasteiger partial charge is 0.369 e. The third-order valence-electron chi connectivity index (χ3n) is 0.100. The molecule has 0 aromatic rings. The van der Waals surface area contributed by atoms with Gasteiger partial charge in [-0.05, 0) is 0 Å². The van der Waals surface area contributed by atoms with Crippen LogP contribution in [0.4, 0.5) is 0 Å². The Kier molecular flexibility index (Phi) is 20.6. The number of quaternary nitrogens is 2. The zero-order valence-corrected chi connectivity index (χ0v) is 6.90. The minimum Gasteiger partial charge on any atom is -0.369 e. The fourth-order valence-electron chi connectivity index (χ4n) is 0. The van der Waals surface area contributed by atoms with Gasteiger partial charge in [0, 0.05) is 0 Å². The molecule has 62 valence electrons. The number of rotatable bonds is 1. The zero-order valence-electron chi connectivity index (χ0n) is 5.03. The third-order valence-corrected chi connectivity index (χ3v) is 0.520. The van der Waals surface area contributed by atoms with Crippen LogP contribution in [0.2, 0.25) is 0 Å². The van der Waals surface area contributed by atoms with Crippen LogP contribution >= 0.6 is 0 Å². The van der Waals surface area contributed by atoms with E-state index < -0.39 is 14.5 Å². The van der Waals surface area contributed by atoms with Crippen LogP contribution in [0.3, 0.4) is 0 Å². The van der Waals surface area contributed by atoms with Crippen LogP contribution < -0.4 is 20.5 Å². The van der Waals surface area contributed by atoms with E-state index in [9.17, 15) is 0 Å². The number of hydrogen-bond acceptors (Lipinski definition) is 5. The van der Waals surface area contributed by atoms with E-state index in [0.717, 1.165) is 0 Å². The van der Waals surface area contributed by atoms with E-state index in [2.05, 4.69) is 3.88 Å². The molecule has 0 fully saturated rings. The molecule has 0 aliphatic carbocycles. The molecule has 9 heavy (non-hydrogen) atoms. The van der Waals surface area contributed by atoms with E-state index in [1.807, 2.05) is 0 Å². The second-order valence-corrected chi connectivity index (χ2v) is 2.75. The molecule has 0 aliphatic rings. The molecule has 0 atom stereocenters. The summed E-state index contributed by atoms with van der Waals surface area (Å²) in [5, 5.41) is 7.04. The molecular formula is H11AsN2O6. The molecule has 0 aliphatic heterocycles. The topological polar surface area (TPSA) is 197 Å². The van der Waals surface area contributed by atoms with Crippen LogP contribution in [-0.2, 0) is 7.62 Å². The normalized spacial score (nSPS) is 7.89. The van der Waals surface area contributed by atoms with Crippen molar-refractivity contribution in [3.8, 4) is 0 Å². The van der Waals surface area contributed by atoms with Crippen molar-refractivity contribution in [2.75, 3.05) is 0 Å². The molecule has 11 N–H and O–H groups in total. The predicted octanol–water partition coefficient (Wildman–Crippen LogP) is -3.01. The summed E-state index contributed by atoms with van der Waals surface area (Å²) < 4.78 is 29.6. The van der Waals surface area contributed by atoms with Gasteiger partial charge in [-0.15, -0.1) is 0 Å². The Morgan fingerprint density at radius 2 is 1.44 bits per heavy atom. The Bertz CT molecular complexity index is 75.1. The molecule has 0 aromatic carbocycles. The van der Waals surface area contributed by atoms with Gasteiger partial charge in [-0.2, -0.15) is 0 Å². The summed E-state index contributed by atoms with van der Waals surface area (Å²) in [7, 11) is 0. The van der Waals surface area contributed by atoms with Crippen molar-refractivity contribution >= 4 is 14.5 Å². The molecule has 0 saturated heterocycles. The maximum absolute atomic E-state index is 9.06. The summed E-state index contributed by atoms with van der Waals surface area (Å²) in [6.45, 7) is 0. The van der Waals surface area contributed by atoms with Crippen molar-refractivity contribution in [3.05, 3.63) is 0 Å². The Hall–Kier alpha value is 0.0784. The number of hydrogen-bond donors (Lipinski definition) is 3. The first-order valence-corrected chi connectivity index (χ1v) is 3.98. The Labute approximate surface area is 54.2 Å². The summed E-state index contributed by atoms with van der Waals surface area (Å²) in [4.78, 5) is 0. The van der Waals surface area contributed by atoms with Crippen molar-refractivity contribution in [1.82, 2.24) is 12.3 Å². The molecule has 8 nitrogen and oxygen atoms in total. The summed E-state index contributed by atoms with van der Waals surface area (Å²) in [6.07, 6.45) is 0. The Morgan fingerprint density at radius 3 is 1.44 bits per heavy atom. The average molecular weight is 210 g/mol. The van der Waals surface area contributed by atoms with E-state index in [1.54, 1.807) is 0 Å². The maximum Gasteiger partial charge on any atom is -0.369 e. The largest absolute Gasteiger partial charge is 0.369 e. The molecule has 0 bridgehead atoms. The molecule has 0 heterocycles. The van der Waals surface area contributed by atoms with Gasteiger partial charge in [0.1, 0.15) is 0 Å². The van der Waals surface area contributed by atoms with Crippen LogP contribution in [0.1, 0.15) is 0 Å². The Balaban J connectivity index is -0.0000000417. The zero-order chi connectivity index (χ0) is 5.21. The Morgan fingerprint density at radius 1 is 1.33 bits per heavy atom. The SMILES string of the molecule is O.O=[As]([O-])([O-])OO.[NH4+].[NH4+]. The third kappa shape index (κ3) is 31.5. The van der Waals surface area contributed by atoms with Gasteiger partial charge in [-0.1, -0.05) is 0 Å². The van der Waals surface area contributed by atoms with Gasteiger partial charge in [-0.25, -0.2) is 0 Å². The second-order valence-electron chi connectivity index (χ2n) is 0.529. The van der Waals surface area contributed by atoms with Crippen LogP contribution in [-0.4, -0.2) is 25.2 Å². The fraction of sp³-hybridized carbons (Fsp3) is 0. The van der Waals surface area contributed by atoms with Crippen molar-refractivity contribution < 1.29 is 26.5 Å². The molecule has 9 heteroatoms. The molecular weight excluding hydrogens is 199 g/mol. The van der Waals surface area contributed by atoms with Crippen LogP contribution in [0.15, 0.2) is 0 Å². The molecule has 0 saturated carbocycles. The van der Waals surface area contributed by atoms with Crippen molar-refractivity contribution in [1.29, 1.82) is 0 Å². The van der Waals surface area contributed by atoms with E-state index in [1.165, 1.54) is 0 Å². The minimum absolute atomic E-state index is 0. The second kappa shape index (κ2) is 8.08. The minimum atomic E-state index is -5.60. The van der Waals surface area contributed by atoms with Gasteiger partial charge in [0.15, 0.2) is 0 Å². The predicted molar refractivity (Wildman–Crippen MR) is 25.7 cm³/mol. The summed E-state index contributed by atoms with van der Waals surface area (Å²) in [6, 6.07) is 0. The standard InChI is InChI=1S/AsH3O5.2H3N.H2O/c2-1(3,4)6-5;;;/h5H,(H2,2,3,4);2*1H3;1H2. The molecule has 0 unspecified atom stereocenters. The van der Waals surface area contributed by atoms with Gasteiger partial charge in [-0.3, -0.25) is 0 Å². The van der Waals surface area contributed by atoms with Crippen molar-refractivity contribution in [3.63, 3.8) is 0 Å². The summed E-state index contributed by atoms with van der Waals surface area (Å²) in [5.74, 6) is 0. The van der Waals surface area contributed by atoms with Crippen LogP contribution in [0.25, 0.3) is 0 Å². The van der Waals surface area contributed by atoms with E-state index >= 15 is 0 Å². The molecule has 0 amide bonds. The van der Waals surface area contributed by atoms with E-state index in [0.29, 0.717) is 0 Å². The van der Waals surface area contributed by atoms with Gasteiger partial charge < -0.3 is 17.8 Å². The first-order chi connectivity index (χ1) is 2.56. The molecule has 0 spiro atoms. The summed E-state index contributed by atoms with van der Waals surface area (Å²) >= 11 is -5.60. The van der Waals surface area contributed by atoms with Crippen LogP contribution in [0, 0.1) is 0 Å². The first kappa shape index (κ1) is 23.0. The van der Waals surface area contributed by atoms with Gasteiger partial charge in [0.25, 0.3) is 0 Å². The average Bonchev–Trinajstić information content (AvgIpc) is 1.35. The quantitative estimate of drug-likeness (QED) is 0.234. The fourth-order valence-corrected chi connectivity index (χ4v) is 0. The van der Waals surface area contributed by atoms with Gasteiger partial charge in [0.05, 0.1) is 0 Å². The van der Waals surface area contributed by atoms with Crippen molar-refractivity contribution in [2.45, 2.75) is 0 Å². The molecule has 0 radical (unpaired) electrons. The monoisotopic (exact) mass is 210 g/mol.